The second kappa shape index (κ2) is 3.28. The molecular weight excluding hydrogens is 210 g/mol. The van der Waals surface area contributed by atoms with Crippen LogP contribution in [0.25, 0.3) is 0 Å². The number of aromatic nitrogens is 3. The van der Waals surface area contributed by atoms with Gasteiger partial charge in [0.25, 0.3) is 5.82 Å². The van der Waals surface area contributed by atoms with E-state index in [1.165, 1.54) is 0 Å². The Bertz CT molecular complexity index is 435. The molecule has 1 aliphatic carbocycles. The van der Waals surface area contributed by atoms with Crippen molar-refractivity contribution in [1.29, 1.82) is 0 Å². The molecule has 2 aliphatic rings. The summed E-state index contributed by atoms with van der Waals surface area (Å²) in [6.07, 6.45) is 4.06. The summed E-state index contributed by atoms with van der Waals surface area (Å²) in [6, 6.07) is 0. The lowest BCUT2D eigenvalue weighted by Gasteiger charge is -2.32. The second-order valence-electron chi connectivity index (χ2n) is 4.34. The Morgan fingerprint density at radius 3 is 2.88 bits per heavy atom. The van der Waals surface area contributed by atoms with Gasteiger partial charge in [-0.15, -0.1) is 5.10 Å². The molecule has 0 radical (unpaired) electrons. The van der Waals surface area contributed by atoms with Crippen molar-refractivity contribution in [3.63, 3.8) is 0 Å². The number of nitrogens with zero attached hydrogens (tertiary/aromatic N) is 3. The molecule has 0 atom stereocenters. The zero-order chi connectivity index (χ0) is 11.2. The van der Waals surface area contributed by atoms with Gasteiger partial charge >= 0.3 is 5.97 Å². The Morgan fingerprint density at radius 1 is 1.44 bits per heavy atom. The molecule has 0 amide bonds. The Morgan fingerprint density at radius 2 is 2.19 bits per heavy atom. The molecule has 1 spiro atoms. The minimum atomic E-state index is -1.07. The molecule has 1 fully saturated rings. The van der Waals surface area contributed by atoms with Gasteiger partial charge in [0.05, 0.1) is 13.2 Å². The van der Waals surface area contributed by atoms with Gasteiger partial charge < -0.3 is 9.84 Å². The van der Waals surface area contributed by atoms with E-state index >= 15 is 0 Å². The lowest BCUT2D eigenvalue weighted by molar-refractivity contribution is -0.0788. The van der Waals surface area contributed by atoms with E-state index in [1.807, 2.05) is 0 Å². The highest BCUT2D eigenvalue weighted by Crippen LogP contribution is 2.42. The molecule has 0 aromatic carbocycles. The Hall–Kier alpha value is -1.43. The number of carbonyl (C=O) groups is 1. The maximum absolute atomic E-state index is 10.8. The van der Waals surface area contributed by atoms with Gasteiger partial charge in [0.1, 0.15) is 5.60 Å². The topological polar surface area (TPSA) is 77.2 Å². The summed E-state index contributed by atoms with van der Waals surface area (Å²) in [6.45, 7) is 1.19. The maximum atomic E-state index is 10.8. The molecule has 3 rings (SSSR count). The van der Waals surface area contributed by atoms with Gasteiger partial charge in [0.15, 0.2) is 5.82 Å². The molecule has 0 unspecified atom stereocenters. The molecule has 0 saturated heterocycles. The fourth-order valence-electron chi connectivity index (χ4n) is 2.63. The number of carboxylic acids is 1. The summed E-state index contributed by atoms with van der Waals surface area (Å²) in [4.78, 5) is 15.0. The average Bonchev–Trinajstić information content (AvgIpc) is 2.85. The number of rotatable bonds is 1. The third kappa shape index (κ3) is 1.26. The number of aromatic carboxylic acids is 1. The van der Waals surface area contributed by atoms with E-state index in [0.29, 0.717) is 19.0 Å². The summed E-state index contributed by atoms with van der Waals surface area (Å²) in [5.41, 5.74) is -0.362. The first kappa shape index (κ1) is 9.77. The third-order valence-electron chi connectivity index (χ3n) is 3.36. The van der Waals surface area contributed by atoms with Crippen molar-refractivity contribution >= 4 is 5.97 Å². The van der Waals surface area contributed by atoms with Gasteiger partial charge in [-0.3, -0.25) is 0 Å². The van der Waals surface area contributed by atoms with Gasteiger partial charge in [-0.25, -0.2) is 14.5 Å². The molecule has 1 aromatic heterocycles. The van der Waals surface area contributed by atoms with E-state index in [0.717, 1.165) is 25.7 Å². The lowest BCUT2D eigenvalue weighted by atomic mass is 10.00. The lowest BCUT2D eigenvalue weighted by Crippen LogP contribution is -2.36. The summed E-state index contributed by atoms with van der Waals surface area (Å²) in [5, 5.41) is 12.9. The molecule has 2 heterocycles. The summed E-state index contributed by atoms with van der Waals surface area (Å²) in [7, 11) is 0. The van der Waals surface area contributed by atoms with Gasteiger partial charge in [-0.1, -0.05) is 0 Å². The Balaban J connectivity index is 2.07. The predicted molar refractivity (Wildman–Crippen MR) is 53.1 cm³/mol. The summed E-state index contributed by atoms with van der Waals surface area (Å²) in [5.74, 6) is -0.490. The van der Waals surface area contributed by atoms with Crippen LogP contribution in [-0.4, -0.2) is 32.4 Å². The van der Waals surface area contributed by atoms with Crippen LogP contribution in [-0.2, 0) is 16.9 Å². The minimum Gasteiger partial charge on any atom is -0.475 e. The van der Waals surface area contributed by atoms with E-state index in [9.17, 15) is 4.79 Å². The molecule has 86 valence electrons. The van der Waals surface area contributed by atoms with Gasteiger partial charge in [-0.05, 0) is 25.7 Å². The molecule has 6 nitrogen and oxygen atoms in total. The molecule has 16 heavy (non-hydrogen) atoms. The number of ether oxygens (including phenoxy) is 1. The SMILES string of the molecule is O=C(O)c1nc2n(n1)CCOC21CCCC1. The van der Waals surface area contributed by atoms with Crippen LogP contribution in [0.3, 0.4) is 0 Å². The van der Waals surface area contributed by atoms with Crippen molar-refractivity contribution in [1.82, 2.24) is 14.8 Å². The summed E-state index contributed by atoms with van der Waals surface area (Å²) < 4.78 is 7.52. The molecular formula is C10H13N3O3. The van der Waals surface area contributed by atoms with Crippen LogP contribution < -0.4 is 0 Å². The van der Waals surface area contributed by atoms with E-state index in [2.05, 4.69) is 10.1 Å². The number of fused-ring (bicyclic) bond motifs is 2. The first-order valence-electron chi connectivity index (χ1n) is 5.54. The fourth-order valence-corrected chi connectivity index (χ4v) is 2.63. The van der Waals surface area contributed by atoms with Crippen LogP contribution in [0, 0.1) is 0 Å². The number of hydrogen-bond donors (Lipinski definition) is 1. The van der Waals surface area contributed by atoms with Crippen molar-refractivity contribution in [3.8, 4) is 0 Å². The van der Waals surface area contributed by atoms with Gasteiger partial charge in [-0.2, -0.15) is 0 Å². The van der Waals surface area contributed by atoms with Crippen LogP contribution in [0.15, 0.2) is 0 Å². The molecule has 1 aromatic rings. The highest BCUT2D eigenvalue weighted by Gasteiger charge is 2.44. The minimum absolute atomic E-state index is 0.119. The largest absolute Gasteiger partial charge is 0.475 e. The van der Waals surface area contributed by atoms with Gasteiger partial charge in [0.2, 0.25) is 0 Å². The number of hydrogen-bond acceptors (Lipinski definition) is 4. The van der Waals surface area contributed by atoms with Crippen molar-refractivity contribution in [2.75, 3.05) is 6.61 Å². The fraction of sp³-hybridized carbons (Fsp3) is 0.700. The van der Waals surface area contributed by atoms with Crippen LogP contribution in [0.2, 0.25) is 0 Å². The van der Waals surface area contributed by atoms with Crippen molar-refractivity contribution < 1.29 is 14.6 Å². The normalized spacial score (nSPS) is 22.2. The van der Waals surface area contributed by atoms with E-state index < -0.39 is 5.97 Å². The Labute approximate surface area is 92.2 Å². The molecule has 0 bridgehead atoms. The maximum Gasteiger partial charge on any atom is 0.375 e. The standard InChI is InChI=1S/C10H13N3O3/c14-8(15)7-11-9-10(3-1-2-4-10)16-6-5-13(9)12-7/h1-6H2,(H,14,15). The summed E-state index contributed by atoms with van der Waals surface area (Å²) >= 11 is 0. The molecule has 1 aliphatic heterocycles. The van der Waals surface area contributed by atoms with E-state index in [1.54, 1.807) is 4.68 Å². The van der Waals surface area contributed by atoms with E-state index in [4.69, 9.17) is 9.84 Å². The van der Waals surface area contributed by atoms with Crippen molar-refractivity contribution in [3.05, 3.63) is 11.6 Å². The zero-order valence-corrected chi connectivity index (χ0v) is 8.85. The zero-order valence-electron chi connectivity index (χ0n) is 8.85. The van der Waals surface area contributed by atoms with Crippen LogP contribution >= 0.6 is 0 Å². The second-order valence-corrected chi connectivity index (χ2v) is 4.34. The van der Waals surface area contributed by atoms with Crippen molar-refractivity contribution in [2.24, 2.45) is 0 Å². The third-order valence-corrected chi connectivity index (χ3v) is 3.36. The molecule has 1 N–H and O–H groups in total. The first-order valence-corrected chi connectivity index (χ1v) is 5.54. The van der Waals surface area contributed by atoms with Gasteiger partial charge in [0, 0.05) is 0 Å². The van der Waals surface area contributed by atoms with Crippen LogP contribution in [0.1, 0.15) is 42.1 Å². The predicted octanol–water partition coefficient (Wildman–Crippen LogP) is 0.776. The number of carboxylic acid groups (broad SMARTS) is 1. The molecule has 1 saturated carbocycles. The highest BCUT2D eigenvalue weighted by atomic mass is 16.5. The van der Waals surface area contributed by atoms with E-state index in [-0.39, 0.29) is 11.4 Å². The Kier molecular flexibility index (Phi) is 2.00. The van der Waals surface area contributed by atoms with Crippen LogP contribution in [0.5, 0.6) is 0 Å². The molecule has 6 heteroatoms. The first-order chi connectivity index (χ1) is 7.71. The average molecular weight is 223 g/mol. The smallest absolute Gasteiger partial charge is 0.375 e. The van der Waals surface area contributed by atoms with Crippen molar-refractivity contribution in [2.45, 2.75) is 37.8 Å². The quantitative estimate of drug-likeness (QED) is 0.761. The highest BCUT2D eigenvalue weighted by molar-refractivity contribution is 5.82. The monoisotopic (exact) mass is 223 g/mol. The van der Waals surface area contributed by atoms with Crippen LogP contribution in [0.4, 0.5) is 0 Å².